The van der Waals surface area contributed by atoms with Crippen molar-refractivity contribution in [2.75, 3.05) is 0 Å². The topological polar surface area (TPSA) is 38.4 Å². The Bertz CT molecular complexity index is 122. The van der Waals surface area contributed by atoms with Crippen LogP contribution in [0.15, 0.2) is 0 Å². The van der Waals surface area contributed by atoms with Gasteiger partial charge in [-0.05, 0) is 39.3 Å². The molecule has 6 heteroatoms. The van der Waals surface area contributed by atoms with Gasteiger partial charge in [-0.3, -0.25) is 0 Å². The zero-order chi connectivity index (χ0) is 9.99. The summed E-state index contributed by atoms with van der Waals surface area (Å²) in [7, 11) is -5.93. The molecule has 0 saturated heterocycles. The fourth-order valence-corrected chi connectivity index (χ4v) is 5.85. The van der Waals surface area contributed by atoms with Crippen LogP contribution >= 0.6 is 0 Å². The second-order valence-electron chi connectivity index (χ2n) is 4.75. The minimum absolute atomic E-state index is 1.67. The summed E-state index contributed by atoms with van der Waals surface area (Å²) in [5.41, 5.74) is 0. The third-order valence-electron chi connectivity index (χ3n) is 0.900. The fourth-order valence-electron chi connectivity index (χ4n) is 0.601. The van der Waals surface area contributed by atoms with Crippen LogP contribution in [-0.4, -0.2) is 26.2 Å². The third-order valence-corrected chi connectivity index (χ3v) is 8.10. The molecule has 0 rings (SSSR count). The van der Waals surface area contributed by atoms with Crippen LogP contribution in [0.5, 0.6) is 0 Å². The van der Waals surface area contributed by atoms with Gasteiger partial charge >= 0.3 is 9.53 Å². The molecule has 0 aliphatic carbocycles. The predicted octanol–water partition coefficient (Wildman–Crippen LogP) is 1.84. The first-order valence-electron chi connectivity index (χ1n) is 4.12. The summed E-state index contributed by atoms with van der Waals surface area (Å²) in [4.78, 5) is 11.3. The predicted molar refractivity (Wildman–Crippen MR) is 56.7 cm³/mol. The Labute approximate surface area is 78.9 Å². The summed E-state index contributed by atoms with van der Waals surface area (Å²) < 4.78 is 10.7. The van der Waals surface area contributed by atoms with Crippen molar-refractivity contribution in [2.24, 2.45) is 0 Å². The molecule has 0 amide bonds. The molecule has 1 radical (unpaired) electrons. The van der Waals surface area contributed by atoms with Gasteiger partial charge in [0.25, 0.3) is 0 Å². The van der Waals surface area contributed by atoms with Crippen LogP contribution in [-0.2, 0) is 13.0 Å². The van der Waals surface area contributed by atoms with Crippen molar-refractivity contribution in [1.82, 2.24) is 0 Å². The Kier molecular flexibility index (Phi) is 4.34. The first kappa shape index (κ1) is 12.5. The molecule has 0 aliphatic rings. The Balaban J connectivity index is 3.83. The molecule has 0 N–H and O–H groups in total. The molecule has 12 heavy (non-hydrogen) atoms. The zero-order valence-electron chi connectivity index (χ0n) is 8.80. The van der Waals surface area contributed by atoms with Crippen LogP contribution in [0.2, 0.25) is 39.3 Å². The molecule has 0 aromatic rings. The average Bonchev–Trinajstić information content (AvgIpc) is 1.49. The van der Waals surface area contributed by atoms with Gasteiger partial charge in [-0.2, -0.15) is 0 Å². The largest absolute Gasteiger partial charge is 0.492 e. The van der Waals surface area contributed by atoms with Gasteiger partial charge in [-0.25, -0.2) is 4.80 Å². The molecule has 0 atom stereocenters. The molecule has 0 fully saturated rings. The lowest BCUT2D eigenvalue weighted by Crippen LogP contribution is -2.42. The van der Waals surface area contributed by atoms with Gasteiger partial charge in [0.2, 0.25) is 0 Å². The maximum absolute atomic E-state index is 11.3. The molecule has 0 spiro atoms. The van der Waals surface area contributed by atoms with Crippen LogP contribution < -0.4 is 0 Å². The van der Waals surface area contributed by atoms with Crippen LogP contribution in [0, 0.1) is 0 Å². The van der Waals surface area contributed by atoms with E-state index in [1.165, 1.54) is 0 Å². The lowest BCUT2D eigenvalue weighted by molar-refractivity contribution is 0.243. The molecule has 0 aromatic carbocycles. The lowest BCUT2D eigenvalue weighted by atomic mass is 11.8. The van der Waals surface area contributed by atoms with Crippen molar-refractivity contribution in [1.29, 1.82) is 0 Å². The normalized spacial score (nSPS) is 14.0. The molecular weight excluding hydrogens is 204 g/mol. The van der Waals surface area contributed by atoms with Crippen molar-refractivity contribution < 1.29 is 13.0 Å². The van der Waals surface area contributed by atoms with Crippen molar-refractivity contribution in [3.8, 4) is 0 Å². The van der Waals surface area contributed by atoms with Crippen LogP contribution in [0.3, 0.4) is 0 Å². The quantitative estimate of drug-likeness (QED) is 0.682. The minimum Gasteiger partial charge on any atom is -0.417 e. The van der Waals surface area contributed by atoms with E-state index in [0.29, 0.717) is 0 Å². The highest BCUT2D eigenvalue weighted by Crippen LogP contribution is 2.09. The van der Waals surface area contributed by atoms with Gasteiger partial charge in [0.1, 0.15) is 0 Å². The Morgan fingerprint density at radius 1 is 0.833 bits per heavy atom. The SMILES string of the molecule is C[Si](C)(C)O[SiH]([O])O[Si](C)(C)C. The van der Waals surface area contributed by atoms with Crippen LogP contribution in [0.1, 0.15) is 0 Å². The highest BCUT2D eigenvalue weighted by atomic mass is 28.5. The standard InChI is InChI=1S/C6H19O3Si3/c1-11(2,3)8-10(7)9-12(4,5)6/h10H,1-6H3. The van der Waals surface area contributed by atoms with E-state index >= 15 is 0 Å². The third kappa shape index (κ3) is 8.63. The Morgan fingerprint density at radius 3 is 1.25 bits per heavy atom. The first-order valence-corrected chi connectivity index (χ1v) is 12.3. The molecule has 3 nitrogen and oxygen atoms in total. The number of rotatable bonds is 4. The molecule has 0 bridgehead atoms. The molecule has 0 heterocycles. The highest BCUT2D eigenvalue weighted by molar-refractivity contribution is 6.79. The van der Waals surface area contributed by atoms with Gasteiger partial charge in [-0.15, -0.1) is 0 Å². The smallest absolute Gasteiger partial charge is 0.417 e. The molecule has 0 saturated carbocycles. The van der Waals surface area contributed by atoms with Crippen molar-refractivity contribution >= 4 is 26.2 Å². The molecular formula is C6H19O3Si3. The van der Waals surface area contributed by atoms with Crippen molar-refractivity contribution in [3.63, 3.8) is 0 Å². The molecule has 0 aromatic heterocycles. The summed E-state index contributed by atoms with van der Waals surface area (Å²) in [5.74, 6) is 0. The summed E-state index contributed by atoms with van der Waals surface area (Å²) in [6, 6.07) is 0. The maximum atomic E-state index is 11.3. The number of hydrogen-bond acceptors (Lipinski definition) is 2. The summed E-state index contributed by atoms with van der Waals surface area (Å²) in [5, 5.41) is 0. The molecule has 0 unspecified atom stereocenters. The second-order valence-corrected chi connectivity index (χ2v) is 15.7. The van der Waals surface area contributed by atoms with Crippen LogP contribution in [0.4, 0.5) is 0 Å². The zero-order valence-corrected chi connectivity index (χ0v) is 12.0. The van der Waals surface area contributed by atoms with Gasteiger partial charge in [-0.1, -0.05) is 0 Å². The lowest BCUT2D eigenvalue weighted by Gasteiger charge is -2.25. The van der Waals surface area contributed by atoms with Gasteiger partial charge in [0, 0.05) is 0 Å². The molecule has 73 valence electrons. The van der Waals surface area contributed by atoms with Crippen LogP contribution in [0.25, 0.3) is 0 Å². The van der Waals surface area contributed by atoms with Crippen molar-refractivity contribution in [3.05, 3.63) is 0 Å². The van der Waals surface area contributed by atoms with E-state index in [1.807, 2.05) is 39.3 Å². The average molecular weight is 223 g/mol. The number of hydrogen-bond donors (Lipinski definition) is 0. The maximum Gasteiger partial charge on any atom is 0.492 e. The summed E-state index contributed by atoms with van der Waals surface area (Å²) >= 11 is 0. The van der Waals surface area contributed by atoms with Crippen molar-refractivity contribution in [2.45, 2.75) is 39.3 Å². The van der Waals surface area contributed by atoms with E-state index in [9.17, 15) is 4.80 Å². The Hall–Kier alpha value is 0.531. The van der Waals surface area contributed by atoms with Gasteiger partial charge < -0.3 is 8.23 Å². The van der Waals surface area contributed by atoms with E-state index in [4.69, 9.17) is 8.23 Å². The summed E-state index contributed by atoms with van der Waals surface area (Å²) in [6.07, 6.45) is 0. The second kappa shape index (κ2) is 4.16. The Morgan fingerprint density at radius 2 is 1.08 bits per heavy atom. The van der Waals surface area contributed by atoms with E-state index in [1.54, 1.807) is 0 Å². The van der Waals surface area contributed by atoms with E-state index < -0.39 is 26.2 Å². The molecule has 0 aliphatic heterocycles. The van der Waals surface area contributed by atoms with E-state index in [-0.39, 0.29) is 0 Å². The monoisotopic (exact) mass is 223 g/mol. The first-order chi connectivity index (χ1) is 5.10. The highest BCUT2D eigenvalue weighted by Gasteiger charge is 2.28. The van der Waals surface area contributed by atoms with E-state index in [2.05, 4.69) is 0 Å². The van der Waals surface area contributed by atoms with E-state index in [0.717, 1.165) is 0 Å². The minimum atomic E-state index is -2.58. The van der Waals surface area contributed by atoms with Gasteiger partial charge in [0.15, 0.2) is 16.6 Å². The fraction of sp³-hybridized carbons (Fsp3) is 1.00. The van der Waals surface area contributed by atoms with Gasteiger partial charge in [0.05, 0.1) is 0 Å². The summed E-state index contributed by atoms with van der Waals surface area (Å²) in [6.45, 7) is 12.1.